The molecule has 0 atom stereocenters. The third-order valence-electron chi connectivity index (χ3n) is 5.14. The number of aromatic amines is 1. The first-order valence-electron chi connectivity index (χ1n) is 10.3. The summed E-state index contributed by atoms with van der Waals surface area (Å²) in [5.74, 6) is -0.111. The number of H-pyrrole nitrogens is 1. The van der Waals surface area contributed by atoms with Gasteiger partial charge in [0.05, 0.1) is 10.6 Å². The lowest BCUT2D eigenvalue weighted by molar-refractivity contribution is 0.0950. The molecule has 0 saturated heterocycles. The number of amides is 1. The number of pyridine rings is 1. The van der Waals surface area contributed by atoms with Crippen molar-refractivity contribution in [3.8, 4) is 0 Å². The summed E-state index contributed by atoms with van der Waals surface area (Å²) in [5, 5.41) is 12.6. The van der Waals surface area contributed by atoms with E-state index in [9.17, 15) is 23.1 Å². The number of sulfonamides is 1. The monoisotopic (exact) mass is 457 g/mol. The molecule has 1 aromatic heterocycles. The third kappa shape index (κ3) is 4.84. The lowest BCUT2D eigenvalue weighted by Gasteiger charge is -2.22. The van der Waals surface area contributed by atoms with E-state index in [0.29, 0.717) is 23.7 Å². The Labute approximate surface area is 186 Å². The zero-order valence-corrected chi connectivity index (χ0v) is 19.1. The molecular formula is C23H27N3O5S. The molecule has 170 valence electrons. The van der Waals surface area contributed by atoms with Crippen LogP contribution >= 0.6 is 0 Å². The molecule has 3 aromatic rings. The number of aromatic nitrogens is 1. The van der Waals surface area contributed by atoms with E-state index < -0.39 is 28.1 Å². The fourth-order valence-electron chi connectivity index (χ4n) is 3.23. The van der Waals surface area contributed by atoms with E-state index in [2.05, 4.69) is 10.3 Å². The Balaban J connectivity index is 2.00. The summed E-state index contributed by atoms with van der Waals surface area (Å²) in [7, 11) is -4.15. The van der Waals surface area contributed by atoms with Crippen LogP contribution in [-0.4, -0.2) is 37.7 Å². The number of carbonyl (C=O) groups is 1. The first kappa shape index (κ1) is 23.5. The van der Waals surface area contributed by atoms with E-state index in [1.807, 2.05) is 20.8 Å². The summed E-state index contributed by atoms with van der Waals surface area (Å²) >= 11 is 0. The molecule has 0 unspecified atom stereocenters. The summed E-state index contributed by atoms with van der Waals surface area (Å²) < 4.78 is 27.3. The van der Waals surface area contributed by atoms with Crippen LogP contribution in [0.2, 0.25) is 0 Å². The van der Waals surface area contributed by atoms with Gasteiger partial charge in [0.15, 0.2) is 0 Å². The molecule has 0 spiro atoms. The molecule has 9 heteroatoms. The van der Waals surface area contributed by atoms with Crippen molar-refractivity contribution >= 4 is 32.5 Å². The zero-order chi connectivity index (χ0) is 23.5. The van der Waals surface area contributed by atoms with Gasteiger partial charge < -0.3 is 15.4 Å². The molecule has 0 bridgehead atoms. The van der Waals surface area contributed by atoms with Gasteiger partial charge in [0.2, 0.25) is 5.43 Å². The summed E-state index contributed by atoms with van der Waals surface area (Å²) in [5.41, 5.74) is 0.988. The molecule has 3 rings (SSSR count). The van der Waals surface area contributed by atoms with Crippen LogP contribution in [0.4, 0.5) is 5.69 Å². The quantitative estimate of drug-likeness (QED) is 0.449. The Morgan fingerprint density at radius 3 is 2.47 bits per heavy atom. The minimum atomic E-state index is -4.15. The van der Waals surface area contributed by atoms with Crippen LogP contribution in [0.5, 0.6) is 0 Å². The number of nitrogens with one attached hydrogen (secondary N) is 2. The zero-order valence-electron chi connectivity index (χ0n) is 18.3. The molecule has 0 saturated carbocycles. The molecule has 0 aliphatic carbocycles. The predicted octanol–water partition coefficient (Wildman–Crippen LogP) is 2.76. The number of fused-ring (bicyclic) bond motifs is 1. The molecule has 1 heterocycles. The molecule has 1 amide bonds. The van der Waals surface area contributed by atoms with Gasteiger partial charge in [-0.05, 0) is 49.6 Å². The fraction of sp³-hybridized carbons (Fsp3) is 0.304. The maximum atomic E-state index is 13.2. The van der Waals surface area contributed by atoms with E-state index in [-0.39, 0.29) is 15.8 Å². The molecule has 0 fully saturated rings. The van der Waals surface area contributed by atoms with Crippen molar-refractivity contribution in [2.24, 2.45) is 5.92 Å². The standard InChI is InChI=1S/C23H27N3O5S/c1-15(2)10-11-24-23(29)20-13-25-21-9-8-18(12-19(21)22(20)28)32(30,31)26(14-27)17-6-4-16(3)5-7-17/h4-9,12-13,15,27H,10-11,14H2,1-3H3,(H,24,29)(H,25,28). The second-order valence-electron chi connectivity index (χ2n) is 8.01. The SMILES string of the molecule is Cc1ccc(N(CO)S(=O)(=O)c2ccc3[nH]cc(C(=O)NCCC(C)C)c(=O)c3c2)cc1. The number of nitrogens with zero attached hydrogens (tertiary/aromatic N) is 1. The maximum absolute atomic E-state index is 13.2. The largest absolute Gasteiger partial charge is 0.375 e. The Morgan fingerprint density at radius 2 is 1.84 bits per heavy atom. The maximum Gasteiger partial charge on any atom is 0.266 e. The lowest BCUT2D eigenvalue weighted by atomic mass is 10.1. The van der Waals surface area contributed by atoms with Gasteiger partial charge in [0, 0.05) is 23.6 Å². The highest BCUT2D eigenvalue weighted by atomic mass is 32.2. The first-order chi connectivity index (χ1) is 15.1. The summed E-state index contributed by atoms with van der Waals surface area (Å²) in [4.78, 5) is 28.1. The van der Waals surface area contributed by atoms with E-state index in [0.717, 1.165) is 16.3 Å². The summed E-state index contributed by atoms with van der Waals surface area (Å²) in [6.07, 6.45) is 2.10. The normalized spacial score (nSPS) is 11.7. The van der Waals surface area contributed by atoms with E-state index in [1.54, 1.807) is 24.3 Å². The molecule has 8 nitrogen and oxygen atoms in total. The van der Waals surface area contributed by atoms with Crippen molar-refractivity contribution in [3.63, 3.8) is 0 Å². The molecule has 0 aliphatic rings. The minimum absolute atomic E-state index is 0.0735. The molecular weight excluding hydrogens is 430 g/mol. The number of anilines is 1. The van der Waals surface area contributed by atoms with Crippen molar-refractivity contribution < 1.29 is 18.3 Å². The Kier molecular flexibility index (Phi) is 7.00. The summed E-state index contributed by atoms with van der Waals surface area (Å²) in [6, 6.07) is 10.7. The van der Waals surface area contributed by atoms with Crippen molar-refractivity contribution in [2.45, 2.75) is 32.1 Å². The second kappa shape index (κ2) is 9.54. The number of benzene rings is 2. The van der Waals surface area contributed by atoms with Crippen LogP contribution in [0.25, 0.3) is 10.9 Å². The minimum Gasteiger partial charge on any atom is -0.375 e. The summed E-state index contributed by atoms with van der Waals surface area (Å²) in [6.45, 7) is 5.60. The van der Waals surface area contributed by atoms with Crippen LogP contribution in [0.15, 0.2) is 58.4 Å². The van der Waals surface area contributed by atoms with Crippen molar-refractivity contribution in [1.29, 1.82) is 0 Å². The van der Waals surface area contributed by atoms with Gasteiger partial charge in [-0.15, -0.1) is 0 Å². The van der Waals surface area contributed by atoms with Gasteiger partial charge in [0.1, 0.15) is 12.3 Å². The molecule has 3 N–H and O–H groups in total. The first-order valence-corrected chi connectivity index (χ1v) is 11.7. The van der Waals surface area contributed by atoms with Gasteiger partial charge in [-0.1, -0.05) is 31.5 Å². The van der Waals surface area contributed by atoms with Gasteiger partial charge in [0.25, 0.3) is 15.9 Å². The van der Waals surface area contributed by atoms with Crippen LogP contribution < -0.4 is 15.1 Å². The third-order valence-corrected chi connectivity index (χ3v) is 6.90. The molecule has 0 radical (unpaired) electrons. The number of hydrogen-bond acceptors (Lipinski definition) is 5. The number of aliphatic hydroxyl groups is 1. The van der Waals surface area contributed by atoms with Crippen LogP contribution in [0.3, 0.4) is 0 Å². The number of aryl methyl sites for hydroxylation is 1. The number of rotatable bonds is 8. The molecule has 32 heavy (non-hydrogen) atoms. The predicted molar refractivity (Wildman–Crippen MR) is 124 cm³/mol. The average Bonchev–Trinajstić information content (AvgIpc) is 2.75. The van der Waals surface area contributed by atoms with Crippen LogP contribution in [-0.2, 0) is 10.0 Å². The average molecular weight is 458 g/mol. The highest BCUT2D eigenvalue weighted by Crippen LogP contribution is 2.25. The smallest absolute Gasteiger partial charge is 0.266 e. The van der Waals surface area contributed by atoms with Crippen molar-refractivity contribution in [2.75, 3.05) is 17.6 Å². The van der Waals surface area contributed by atoms with Gasteiger partial charge in [-0.2, -0.15) is 0 Å². The Bertz CT molecular complexity index is 1280. The highest BCUT2D eigenvalue weighted by molar-refractivity contribution is 7.92. The molecule has 2 aromatic carbocycles. The van der Waals surface area contributed by atoms with Crippen LogP contribution in [0.1, 0.15) is 36.2 Å². The molecule has 0 aliphatic heterocycles. The highest BCUT2D eigenvalue weighted by Gasteiger charge is 2.25. The lowest BCUT2D eigenvalue weighted by Crippen LogP contribution is -2.32. The van der Waals surface area contributed by atoms with Crippen LogP contribution in [0, 0.1) is 12.8 Å². The Morgan fingerprint density at radius 1 is 1.16 bits per heavy atom. The topological polar surface area (TPSA) is 120 Å². The van der Waals surface area contributed by atoms with E-state index >= 15 is 0 Å². The van der Waals surface area contributed by atoms with Gasteiger partial charge in [-0.25, -0.2) is 12.7 Å². The van der Waals surface area contributed by atoms with Gasteiger partial charge >= 0.3 is 0 Å². The van der Waals surface area contributed by atoms with Crippen molar-refractivity contribution in [3.05, 3.63) is 70.0 Å². The van der Waals surface area contributed by atoms with Gasteiger partial charge in [-0.3, -0.25) is 9.59 Å². The number of carbonyl (C=O) groups excluding carboxylic acids is 1. The van der Waals surface area contributed by atoms with E-state index in [4.69, 9.17) is 0 Å². The van der Waals surface area contributed by atoms with E-state index in [1.165, 1.54) is 24.4 Å². The number of aliphatic hydroxyl groups excluding tert-OH is 1. The second-order valence-corrected chi connectivity index (χ2v) is 9.87. The van der Waals surface area contributed by atoms with Crippen molar-refractivity contribution in [1.82, 2.24) is 10.3 Å². The number of hydrogen-bond donors (Lipinski definition) is 3. The fourth-order valence-corrected chi connectivity index (χ4v) is 4.54. The Hall–Kier alpha value is -3.17.